The maximum atomic E-state index is 11.9. The molecule has 0 amide bonds. The Morgan fingerprint density at radius 3 is 2.26 bits per heavy atom. The van der Waals surface area contributed by atoms with Gasteiger partial charge >= 0.3 is 0 Å². The summed E-state index contributed by atoms with van der Waals surface area (Å²) in [6, 6.07) is 20.3. The highest BCUT2D eigenvalue weighted by atomic mass is 16.5. The van der Waals surface area contributed by atoms with E-state index in [1.54, 1.807) is 0 Å². The van der Waals surface area contributed by atoms with Gasteiger partial charge in [-0.3, -0.25) is 0 Å². The second-order valence-corrected chi connectivity index (χ2v) is 10.1. The first-order chi connectivity index (χ1) is 16.3. The summed E-state index contributed by atoms with van der Waals surface area (Å²) in [4.78, 5) is 0. The van der Waals surface area contributed by atoms with Gasteiger partial charge in [-0.05, 0) is 49.3 Å². The molecule has 0 spiro atoms. The van der Waals surface area contributed by atoms with Crippen LogP contribution in [0.4, 0.5) is 0 Å². The number of allylic oxidation sites excluding steroid dienone is 1. The SMILES string of the molecule is C=C(O/C(=C\C)C[N+](C)(C)CCOCCc1ccccc1)C(O)(c1ccccc1)C1CCCC1. The van der Waals surface area contributed by atoms with Gasteiger partial charge in [0.05, 0.1) is 27.3 Å². The van der Waals surface area contributed by atoms with Gasteiger partial charge in [0.1, 0.15) is 24.4 Å². The summed E-state index contributed by atoms with van der Waals surface area (Å²) in [6.07, 6.45) is 7.16. The number of rotatable bonds is 13. The van der Waals surface area contributed by atoms with E-state index in [1.807, 2.05) is 49.4 Å². The lowest BCUT2D eigenvalue weighted by atomic mass is 9.79. The van der Waals surface area contributed by atoms with Crippen molar-refractivity contribution < 1.29 is 19.1 Å². The first-order valence-electron chi connectivity index (χ1n) is 12.6. The van der Waals surface area contributed by atoms with Crippen LogP contribution in [-0.4, -0.2) is 50.0 Å². The molecule has 2 aromatic rings. The van der Waals surface area contributed by atoms with Crippen LogP contribution in [0, 0.1) is 5.92 Å². The zero-order chi connectivity index (χ0) is 24.4. The Balaban J connectivity index is 1.55. The van der Waals surface area contributed by atoms with Gasteiger partial charge in [-0.1, -0.05) is 80.1 Å². The fourth-order valence-electron chi connectivity index (χ4n) is 4.83. The van der Waals surface area contributed by atoms with Crippen molar-refractivity contribution in [3.8, 4) is 0 Å². The summed E-state index contributed by atoms with van der Waals surface area (Å²) < 4.78 is 13.0. The Morgan fingerprint density at radius 1 is 1.03 bits per heavy atom. The van der Waals surface area contributed by atoms with Crippen LogP contribution in [0.5, 0.6) is 0 Å². The van der Waals surface area contributed by atoms with Crippen LogP contribution in [-0.2, 0) is 21.5 Å². The van der Waals surface area contributed by atoms with Crippen LogP contribution in [0.2, 0.25) is 0 Å². The van der Waals surface area contributed by atoms with Crippen LogP contribution in [0.15, 0.2) is 84.8 Å². The summed E-state index contributed by atoms with van der Waals surface area (Å²) in [6.45, 7) is 9.20. The lowest BCUT2D eigenvalue weighted by Gasteiger charge is -2.37. The first kappa shape index (κ1) is 26.2. The molecular formula is C30H42NO3+. The third kappa shape index (κ3) is 7.05. The zero-order valence-corrected chi connectivity index (χ0v) is 21.2. The predicted molar refractivity (Wildman–Crippen MR) is 139 cm³/mol. The number of quaternary nitrogens is 1. The molecule has 1 fully saturated rings. The Hall–Kier alpha value is -2.40. The van der Waals surface area contributed by atoms with Crippen molar-refractivity contribution in [1.82, 2.24) is 0 Å². The molecule has 0 saturated heterocycles. The van der Waals surface area contributed by atoms with Gasteiger partial charge in [0, 0.05) is 0 Å². The van der Waals surface area contributed by atoms with Gasteiger partial charge in [-0.25, -0.2) is 0 Å². The largest absolute Gasteiger partial charge is 0.458 e. The molecular weight excluding hydrogens is 422 g/mol. The van der Waals surface area contributed by atoms with E-state index in [-0.39, 0.29) is 5.92 Å². The van der Waals surface area contributed by atoms with E-state index in [4.69, 9.17) is 9.47 Å². The van der Waals surface area contributed by atoms with Gasteiger partial charge < -0.3 is 19.1 Å². The van der Waals surface area contributed by atoms with Crippen molar-refractivity contribution in [3.63, 3.8) is 0 Å². The molecule has 3 rings (SSSR count). The second kappa shape index (κ2) is 12.3. The Labute approximate surface area is 206 Å². The second-order valence-electron chi connectivity index (χ2n) is 10.1. The molecule has 1 aliphatic carbocycles. The van der Waals surface area contributed by atoms with Crippen LogP contribution in [0.1, 0.15) is 43.7 Å². The fourth-order valence-corrected chi connectivity index (χ4v) is 4.83. The minimum Gasteiger partial charge on any atom is -0.458 e. The molecule has 4 nitrogen and oxygen atoms in total. The average Bonchev–Trinajstić information content (AvgIpc) is 3.39. The molecule has 4 heteroatoms. The van der Waals surface area contributed by atoms with Crippen molar-refractivity contribution in [3.05, 3.63) is 96.0 Å². The molecule has 0 bridgehead atoms. The molecule has 184 valence electrons. The molecule has 34 heavy (non-hydrogen) atoms. The van der Waals surface area contributed by atoms with Crippen molar-refractivity contribution in [1.29, 1.82) is 0 Å². The molecule has 0 heterocycles. The highest BCUT2D eigenvalue weighted by molar-refractivity contribution is 5.31. The third-order valence-electron chi connectivity index (χ3n) is 6.96. The maximum absolute atomic E-state index is 11.9. The molecule has 0 aliphatic heterocycles. The van der Waals surface area contributed by atoms with Crippen LogP contribution in [0.3, 0.4) is 0 Å². The van der Waals surface area contributed by atoms with E-state index >= 15 is 0 Å². The number of benzene rings is 2. The maximum Gasteiger partial charge on any atom is 0.154 e. The van der Waals surface area contributed by atoms with Gasteiger partial charge in [0.15, 0.2) is 5.76 Å². The normalized spacial score (nSPS) is 16.9. The predicted octanol–water partition coefficient (Wildman–Crippen LogP) is 5.83. The van der Waals surface area contributed by atoms with Gasteiger partial charge in [0.2, 0.25) is 0 Å². The first-order valence-corrected chi connectivity index (χ1v) is 12.6. The molecule has 1 unspecified atom stereocenters. The smallest absolute Gasteiger partial charge is 0.154 e. The lowest BCUT2D eigenvalue weighted by molar-refractivity contribution is -0.887. The molecule has 1 aliphatic rings. The Kier molecular flexibility index (Phi) is 9.52. The highest BCUT2D eigenvalue weighted by Gasteiger charge is 2.44. The fraction of sp³-hybridized carbons (Fsp3) is 0.467. The monoisotopic (exact) mass is 464 g/mol. The summed E-state index contributed by atoms with van der Waals surface area (Å²) >= 11 is 0. The van der Waals surface area contributed by atoms with E-state index in [9.17, 15) is 5.11 Å². The summed E-state index contributed by atoms with van der Waals surface area (Å²) in [5.74, 6) is 1.38. The summed E-state index contributed by atoms with van der Waals surface area (Å²) in [5.41, 5.74) is 0.986. The van der Waals surface area contributed by atoms with Gasteiger partial charge in [0.25, 0.3) is 0 Å². The zero-order valence-electron chi connectivity index (χ0n) is 21.2. The molecule has 1 N–H and O–H groups in total. The number of ether oxygens (including phenoxy) is 2. The number of hydrogen-bond acceptors (Lipinski definition) is 3. The number of aliphatic hydroxyl groups is 1. The standard InChI is InChI=1S/C30H42NO3/c1-5-29(24-31(3,4)21-23-33-22-20-26-14-8-6-9-15-26)34-25(2)30(32,28-18-12-13-19-28)27-16-10-7-11-17-27/h5-11,14-17,28,32H,2,12-13,18-24H2,1,3-4H3/q+1/b29-5-. The van der Waals surface area contributed by atoms with Crippen molar-refractivity contribution in [2.75, 3.05) is 40.4 Å². The van der Waals surface area contributed by atoms with Gasteiger partial charge in [-0.2, -0.15) is 0 Å². The lowest BCUT2D eigenvalue weighted by Crippen LogP contribution is -2.44. The number of nitrogens with zero attached hydrogens (tertiary/aromatic N) is 1. The summed E-state index contributed by atoms with van der Waals surface area (Å²) in [5, 5.41) is 11.9. The number of likely N-dealkylation sites (N-methyl/N-ethyl adjacent to an activating group) is 1. The highest BCUT2D eigenvalue weighted by Crippen LogP contribution is 2.45. The summed E-state index contributed by atoms with van der Waals surface area (Å²) in [7, 11) is 4.35. The van der Waals surface area contributed by atoms with Crippen molar-refractivity contribution in [2.45, 2.75) is 44.6 Å². The topological polar surface area (TPSA) is 38.7 Å². The van der Waals surface area contributed by atoms with E-state index in [0.29, 0.717) is 18.9 Å². The average molecular weight is 465 g/mol. The van der Waals surface area contributed by atoms with E-state index in [1.165, 1.54) is 5.56 Å². The Bertz CT molecular complexity index is 917. The molecule has 2 aromatic carbocycles. The van der Waals surface area contributed by atoms with E-state index in [0.717, 1.165) is 61.1 Å². The Morgan fingerprint density at radius 2 is 1.65 bits per heavy atom. The minimum absolute atomic E-state index is 0.126. The van der Waals surface area contributed by atoms with Crippen LogP contribution >= 0.6 is 0 Å². The van der Waals surface area contributed by atoms with E-state index in [2.05, 4.69) is 44.9 Å². The van der Waals surface area contributed by atoms with Crippen molar-refractivity contribution in [2.24, 2.45) is 5.92 Å². The molecule has 1 atom stereocenters. The molecule has 0 aromatic heterocycles. The molecule has 1 saturated carbocycles. The van der Waals surface area contributed by atoms with Crippen LogP contribution < -0.4 is 0 Å². The van der Waals surface area contributed by atoms with E-state index < -0.39 is 5.60 Å². The molecule has 0 radical (unpaired) electrons. The van der Waals surface area contributed by atoms with Crippen LogP contribution in [0.25, 0.3) is 0 Å². The minimum atomic E-state index is -1.18. The quantitative estimate of drug-likeness (QED) is 0.230. The third-order valence-corrected chi connectivity index (χ3v) is 6.96. The van der Waals surface area contributed by atoms with Gasteiger partial charge in [-0.15, -0.1) is 0 Å². The number of hydrogen-bond donors (Lipinski definition) is 1. The van der Waals surface area contributed by atoms with Crippen molar-refractivity contribution >= 4 is 0 Å².